The first-order valence-corrected chi connectivity index (χ1v) is 4.99. The Hall–Kier alpha value is -1.96. The highest BCUT2D eigenvalue weighted by Crippen LogP contribution is 2.26. The van der Waals surface area contributed by atoms with Gasteiger partial charge in [0, 0.05) is 0 Å². The van der Waals surface area contributed by atoms with E-state index in [-0.39, 0.29) is 5.75 Å². The number of ether oxygens (including phenoxy) is 2. The van der Waals surface area contributed by atoms with Crippen LogP contribution in [0.2, 0.25) is 0 Å². The third kappa shape index (κ3) is 2.54. The smallest absolute Gasteiger partial charge is 0.161 e. The Morgan fingerprint density at radius 1 is 0.938 bits per heavy atom. The summed E-state index contributed by atoms with van der Waals surface area (Å²) in [5, 5.41) is 0. The first-order valence-electron chi connectivity index (χ1n) is 6.49. The first kappa shape index (κ1) is 7.34. The predicted molar refractivity (Wildman–Crippen MR) is 63.8 cm³/mol. The molecule has 0 amide bonds. The predicted octanol–water partition coefficient (Wildman–Crippen LogP) is 3.27. The molecule has 2 heteroatoms. The number of hydrogen-bond acceptors (Lipinski definition) is 2. The lowest BCUT2D eigenvalue weighted by Crippen LogP contribution is -1.96. The van der Waals surface area contributed by atoms with E-state index in [1.165, 1.54) is 0 Å². The van der Waals surface area contributed by atoms with Gasteiger partial charge in [-0.15, -0.1) is 0 Å². The molecule has 0 fully saturated rings. The molecule has 2 rings (SSSR count). The molecule has 0 radical (unpaired) electrons. The molecule has 2 nitrogen and oxygen atoms in total. The summed E-state index contributed by atoms with van der Waals surface area (Å²) in [5.41, 5.74) is 1.01. The lowest BCUT2D eigenvalue weighted by atomic mass is 10.2. The second kappa shape index (κ2) is 5.21. The summed E-state index contributed by atoms with van der Waals surface area (Å²) in [5.74, 6) is 0.640. The summed E-state index contributed by atoms with van der Waals surface area (Å²) in [4.78, 5) is 0. The molecular weight excluding hydrogens is 200 g/mol. The minimum Gasteiger partial charge on any atom is -0.493 e. The maximum Gasteiger partial charge on any atom is 0.161 e. The van der Waals surface area contributed by atoms with Crippen LogP contribution in [0.5, 0.6) is 11.5 Å². The van der Waals surface area contributed by atoms with Crippen LogP contribution in [0.25, 0.3) is 0 Å². The van der Waals surface area contributed by atoms with E-state index in [1.807, 2.05) is 30.3 Å². The number of hydrogen-bond donors (Lipinski definition) is 0. The van der Waals surface area contributed by atoms with Gasteiger partial charge in [-0.1, -0.05) is 42.5 Å². The molecule has 0 saturated carbocycles. The Morgan fingerprint density at radius 2 is 1.62 bits per heavy atom. The largest absolute Gasteiger partial charge is 0.493 e. The van der Waals surface area contributed by atoms with Gasteiger partial charge in [0.25, 0.3) is 0 Å². The highest BCUT2D eigenvalue weighted by molar-refractivity contribution is 5.39. The van der Waals surface area contributed by atoms with Gasteiger partial charge in [0.05, 0.1) is 11.2 Å². The van der Waals surface area contributed by atoms with Crippen molar-refractivity contribution in [2.45, 2.75) is 6.61 Å². The third-order valence-electron chi connectivity index (χ3n) is 2.20. The number of benzene rings is 2. The van der Waals surface area contributed by atoms with Crippen LogP contribution >= 0.6 is 0 Å². The van der Waals surface area contributed by atoms with Crippen molar-refractivity contribution < 1.29 is 13.6 Å². The highest BCUT2D eigenvalue weighted by atomic mass is 16.5. The summed E-state index contributed by atoms with van der Waals surface area (Å²) in [7, 11) is -2.48. The van der Waals surface area contributed by atoms with E-state index in [1.54, 1.807) is 24.3 Å². The molecule has 16 heavy (non-hydrogen) atoms. The van der Waals surface area contributed by atoms with Gasteiger partial charge in [-0.2, -0.15) is 0 Å². The van der Waals surface area contributed by atoms with Gasteiger partial charge in [0.1, 0.15) is 6.61 Å². The zero-order valence-electron chi connectivity index (χ0n) is 11.7. The second-order valence-electron chi connectivity index (χ2n) is 3.32. The van der Waals surface area contributed by atoms with Crippen molar-refractivity contribution in [2.75, 3.05) is 7.04 Å². The van der Waals surface area contributed by atoms with Gasteiger partial charge in [-0.3, -0.25) is 0 Å². The van der Waals surface area contributed by atoms with Crippen molar-refractivity contribution in [1.82, 2.24) is 0 Å². The molecule has 0 unspecified atom stereocenters. The molecule has 0 saturated heterocycles. The molecule has 0 N–H and O–H groups in total. The minimum absolute atomic E-state index is 0.221. The Balaban J connectivity index is 2.08. The van der Waals surface area contributed by atoms with Gasteiger partial charge in [-0.25, -0.2) is 0 Å². The van der Waals surface area contributed by atoms with Crippen LogP contribution < -0.4 is 9.47 Å². The number of rotatable bonds is 4. The summed E-state index contributed by atoms with van der Waals surface area (Å²) in [6, 6.07) is 16.4. The molecule has 0 atom stereocenters. The maximum atomic E-state index is 7.12. The standard InChI is InChI=1S/C14H14O2/c1-15-13-9-5-6-10-14(13)16-11-12-7-3-2-4-8-12/h2-10H,11H2,1H3/i1D3. The van der Waals surface area contributed by atoms with E-state index in [4.69, 9.17) is 13.6 Å². The SMILES string of the molecule is [2H]C([2H])([2H])Oc1ccccc1OCc1ccccc1. The lowest BCUT2D eigenvalue weighted by Gasteiger charge is -2.09. The fraction of sp³-hybridized carbons (Fsp3) is 0.143. The Bertz CT molecular complexity index is 524. The Labute approximate surface area is 99.7 Å². The van der Waals surface area contributed by atoms with E-state index in [0.29, 0.717) is 12.4 Å². The fourth-order valence-electron chi connectivity index (χ4n) is 1.39. The van der Waals surface area contributed by atoms with Crippen molar-refractivity contribution in [3.63, 3.8) is 0 Å². The zero-order valence-corrected chi connectivity index (χ0v) is 8.72. The second-order valence-corrected chi connectivity index (χ2v) is 3.32. The van der Waals surface area contributed by atoms with Crippen LogP contribution in [-0.4, -0.2) is 7.04 Å². The molecule has 0 aromatic heterocycles. The molecule has 0 heterocycles. The summed E-state index contributed by atoms with van der Waals surface area (Å²) in [6.07, 6.45) is 0. The molecule has 2 aromatic rings. The van der Waals surface area contributed by atoms with Gasteiger partial charge in [0.2, 0.25) is 0 Å². The van der Waals surface area contributed by atoms with Gasteiger partial charge < -0.3 is 9.47 Å². The van der Waals surface area contributed by atoms with E-state index in [0.717, 1.165) is 5.56 Å². The molecular formula is C14H14O2. The van der Waals surface area contributed by atoms with Crippen molar-refractivity contribution in [2.24, 2.45) is 0 Å². The minimum atomic E-state index is -2.48. The van der Waals surface area contributed by atoms with Crippen LogP contribution in [0.4, 0.5) is 0 Å². The fourth-order valence-corrected chi connectivity index (χ4v) is 1.39. The van der Waals surface area contributed by atoms with Gasteiger partial charge >= 0.3 is 0 Å². The lowest BCUT2D eigenvalue weighted by molar-refractivity contribution is 0.284. The summed E-state index contributed by atoms with van der Waals surface area (Å²) >= 11 is 0. The van der Waals surface area contributed by atoms with Crippen LogP contribution in [0, 0.1) is 0 Å². The van der Waals surface area contributed by atoms with E-state index < -0.39 is 7.04 Å². The zero-order chi connectivity index (χ0) is 13.7. The van der Waals surface area contributed by atoms with E-state index in [2.05, 4.69) is 0 Å². The van der Waals surface area contributed by atoms with Crippen molar-refractivity contribution >= 4 is 0 Å². The molecule has 0 aliphatic heterocycles. The Morgan fingerprint density at radius 3 is 2.38 bits per heavy atom. The molecule has 82 valence electrons. The maximum absolute atomic E-state index is 7.12. The first-order chi connectivity index (χ1) is 9.04. The van der Waals surface area contributed by atoms with E-state index in [9.17, 15) is 0 Å². The normalized spacial score (nSPS) is 13.4. The van der Waals surface area contributed by atoms with Crippen LogP contribution in [0.3, 0.4) is 0 Å². The average Bonchev–Trinajstić information content (AvgIpc) is 2.37. The third-order valence-corrected chi connectivity index (χ3v) is 2.20. The molecule has 0 aliphatic carbocycles. The van der Waals surface area contributed by atoms with Gasteiger partial charge in [-0.05, 0) is 17.7 Å². The molecule has 0 spiro atoms. The Kier molecular flexibility index (Phi) is 2.39. The monoisotopic (exact) mass is 217 g/mol. The van der Waals surface area contributed by atoms with Crippen molar-refractivity contribution in [3.05, 3.63) is 60.2 Å². The van der Waals surface area contributed by atoms with E-state index >= 15 is 0 Å². The summed E-state index contributed by atoms with van der Waals surface area (Å²) in [6.45, 7) is 0.363. The molecule has 0 bridgehead atoms. The molecule has 0 aliphatic rings. The van der Waals surface area contributed by atoms with Crippen LogP contribution in [0.15, 0.2) is 54.6 Å². The van der Waals surface area contributed by atoms with Crippen LogP contribution in [-0.2, 0) is 6.61 Å². The van der Waals surface area contributed by atoms with Gasteiger partial charge in [0.15, 0.2) is 11.5 Å². The van der Waals surface area contributed by atoms with Crippen LogP contribution in [0.1, 0.15) is 9.68 Å². The quantitative estimate of drug-likeness (QED) is 0.782. The number of para-hydroxylation sites is 2. The topological polar surface area (TPSA) is 18.5 Å². The van der Waals surface area contributed by atoms with Crippen molar-refractivity contribution in [3.8, 4) is 11.5 Å². The average molecular weight is 217 g/mol. The van der Waals surface area contributed by atoms with Crippen molar-refractivity contribution in [1.29, 1.82) is 0 Å². The highest BCUT2D eigenvalue weighted by Gasteiger charge is 2.02. The molecule has 2 aromatic carbocycles. The number of methoxy groups -OCH3 is 1. The summed E-state index contributed by atoms with van der Waals surface area (Å²) < 4.78 is 31.8.